The van der Waals surface area contributed by atoms with E-state index in [1.54, 1.807) is 11.3 Å². The molecular formula is C16H21N3O2S2. The lowest BCUT2D eigenvalue weighted by atomic mass is 9.78. The molecule has 2 heterocycles. The average Bonchev–Trinajstić information content (AvgIpc) is 3.20. The molecule has 3 unspecified atom stereocenters. The van der Waals surface area contributed by atoms with Gasteiger partial charge in [-0.1, -0.05) is 44.5 Å². The molecule has 0 saturated heterocycles. The van der Waals surface area contributed by atoms with Crippen LogP contribution in [-0.4, -0.2) is 27.9 Å². The van der Waals surface area contributed by atoms with Crippen LogP contribution in [0.1, 0.15) is 33.1 Å². The Morgan fingerprint density at radius 1 is 1.43 bits per heavy atom. The summed E-state index contributed by atoms with van der Waals surface area (Å²) in [4.78, 5) is 13.1. The van der Waals surface area contributed by atoms with Crippen molar-refractivity contribution in [3.8, 4) is 10.8 Å². The Hall–Kier alpha value is -1.34. The molecule has 0 bridgehead atoms. The number of hydrogen-bond donors (Lipinski definition) is 1. The third kappa shape index (κ3) is 4.14. The van der Waals surface area contributed by atoms with Crippen molar-refractivity contribution in [3.63, 3.8) is 0 Å². The zero-order valence-corrected chi connectivity index (χ0v) is 15.0. The highest BCUT2D eigenvalue weighted by Crippen LogP contribution is 2.30. The molecule has 1 N–H and O–H groups in total. The second-order valence-electron chi connectivity index (χ2n) is 6.08. The minimum absolute atomic E-state index is 0.0387. The fraction of sp³-hybridized carbons (Fsp3) is 0.562. The summed E-state index contributed by atoms with van der Waals surface area (Å²) in [6.07, 6.45) is 3.53. The van der Waals surface area contributed by atoms with Crippen molar-refractivity contribution in [3.05, 3.63) is 17.5 Å². The van der Waals surface area contributed by atoms with E-state index in [0.29, 0.717) is 28.7 Å². The van der Waals surface area contributed by atoms with Crippen LogP contribution in [-0.2, 0) is 4.79 Å². The monoisotopic (exact) mass is 351 g/mol. The van der Waals surface area contributed by atoms with E-state index in [-0.39, 0.29) is 11.9 Å². The van der Waals surface area contributed by atoms with Gasteiger partial charge in [0.2, 0.25) is 5.91 Å². The molecule has 1 aliphatic carbocycles. The Morgan fingerprint density at radius 2 is 2.30 bits per heavy atom. The molecule has 0 spiro atoms. The summed E-state index contributed by atoms with van der Waals surface area (Å²) in [5.74, 6) is 2.07. The van der Waals surface area contributed by atoms with Gasteiger partial charge < -0.3 is 9.73 Å². The highest BCUT2D eigenvalue weighted by molar-refractivity contribution is 7.99. The van der Waals surface area contributed by atoms with E-state index in [1.807, 2.05) is 17.5 Å². The number of nitrogens with zero attached hydrogens (tertiary/aromatic N) is 2. The van der Waals surface area contributed by atoms with Gasteiger partial charge in [0.1, 0.15) is 0 Å². The molecule has 5 nitrogen and oxygen atoms in total. The largest absolute Gasteiger partial charge is 0.410 e. The Labute approximate surface area is 144 Å². The van der Waals surface area contributed by atoms with Crippen molar-refractivity contribution in [2.24, 2.45) is 11.8 Å². The van der Waals surface area contributed by atoms with Gasteiger partial charge in [-0.3, -0.25) is 4.79 Å². The second kappa shape index (κ2) is 7.49. The predicted octanol–water partition coefficient (Wildman–Crippen LogP) is 3.83. The van der Waals surface area contributed by atoms with E-state index in [4.69, 9.17) is 4.42 Å². The van der Waals surface area contributed by atoms with Crippen LogP contribution >= 0.6 is 23.1 Å². The van der Waals surface area contributed by atoms with Crippen LogP contribution in [0, 0.1) is 11.8 Å². The number of nitrogens with one attached hydrogen (secondary N) is 1. The lowest BCUT2D eigenvalue weighted by Crippen LogP contribution is -2.44. The van der Waals surface area contributed by atoms with E-state index in [9.17, 15) is 4.79 Å². The van der Waals surface area contributed by atoms with Crippen LogP contribution in [0.25, 0.3) is 10.8 Å². The van der Waals surface area contributed by atoms with Crippen molar-refractivity contribution in [1.29, 1.82) is 0 Å². The lowest BCUT2D eigenvalue weighted by molar-refractivity contribution is -0.120. The van der Waals surface area contributed by atoms with Crippen molar-refractivity contribution >= 4 is 29.0 Å². The van der Waals surface area contributed by atoms with Gasteiger partial charge in [0, 0.05) is 6.04 Å². The summed E-state index contributed by atoms with van der Waals surface area (Å²) in [5.41, 5.74) is 0. The summed E-state index contributed by atoms with van der Waals surface area (Å²) < 4.78 is 5.58. The molecule has 3 rings (SSSR count). The molecule has 2 aromatic rings. The molecule has 1 saturated carbocycles. The van der Waals surface area contributed by atoms with Crippen LogP contribution in [0.2, 0.25) is 0 Å². The summed E-state index contributed by atoms with van der Waals surface area (Å²) in [7, 11) is 0. The average molecular weight is 351 g/mol. The van der Waals surface area contributed by atoms with Gasteiger partial charge in [0.05, 0.1) is 10.6 Å². The Bertz CT molecular complexity index is 642. The molecule has 23 heavy (non-hydrogen) atoms. The molecule has 2 aromatic heterocycles. The minimum atomic E-state index is 0.0387. The maximum atomic E-state index is 12.2. The normalized spacial score (nSPS) is 24.5. The maximum Gasteiger partial charge on any atom is 0.277 e. The van der Waals surface area contributed by atoms with E-state index >= 15 is 0 Å². The van der Waals surface area contributed by atoms with Crippen LogP contribution in [0.15, 0.2) is 27.2 Å². The highest BCUT2D eigenvalue weighted by Gasteiger charge is 2.28. The van der Waals surface area contributed by atoms with Gasteiger partial charge in [-0.05, 0) is 29.7 Å². The molecule has 1 aliphatic rings. The molecule has 0 radical (unpaired) electrons. The number of aromatic nitrogens is 2. The van der Waals surface area contributed by atoms with E-state index < -0.39 is 0 Å². The Morgan fingerprint density at radius 3 is 3.09 bits per heavy atom. The quantitative estimate of drug-likeness (QED) is 0.829. The first-order chi connectivity index (χ1) is 11.1. The molecule has 1 fully saturated rings. The topological polar surface area (TPSA) is 68.0 Å². The van der Waals surface area contributed by atoms with Gasteiger partial charge in [-0.25, -0.2) is 0 Å². The van der Waals surface area contributed by atoms with E-state index in [1.165, 1.54) is 24.6 Å². The molecule has 0 aromatic carbocycles. The van der Waals surface area contributed by atoms with Crippen LogP contribution in [0.4, 0.5) is 0 Å². The first kappa shape index (κ1) is 16.5. The van der Waals surface area contributed by atoms with Gasteiger partial charge in [-0.2, -0.15) is 0 Å². The second-order valence-corrected chi connectivity index (χ2v) is 7.95. The predicted molar refractivity (Wildman–Crippen MR) is 92.4 cm³/mol. The summed E-state index contributed by atoms with van der Waals surface area (Å²) in [5, 5.41) is 13.6. The maximum absolute atomic E-state index is 12.2. The zero-order chi connectivity index (χ0) is 16.2. The van der Waals surface area contributed by atoms with Crippen LogP contribution < -0.4 is 5.32 Å². The molecular weight excluding hydrogens is 330 g/mol. The molecule has 1 amide bonds. The molecule has 3 atom stereocenters. The first-order valence-corrected chi connectivity index (χ1v) is 9.79. The third-order valence-corrected chi connectivity index (χ3v) is 6.19. The molecule has 7 heteroatoms. The standard InChI is InChI=1S/C16H21N3O2S2/c1-10-5-3-6-12(11(10)2)17-14(20)9-23-16-19-18-15(21-16)13-7-4-8-22-13/h4,7-8,10-12H,3,5-6,9H2,1-2H3,(H,17,20). The van der Waals surface area contributed by atoms with Crippen LogP contribution in [0.5, 0.6) is 0 Å². The van der Waals surface area contributed by atoms with Crippen molar-refractivity contribution in [2.75, 3.05) is 5.75 Å². The molecule has 0 aliphatic heterocycles. The number of rotatable bonds is 5. The number of carbonyl (C=O) groups excluding carboxylic acids is 1. The van der Waals surface area contributed by atoms with Crippen molar-refractivity contribution in [1.82, 2.24) is 15.5 Å². The minimum Gasteiger partial charge on any atom is -0.410 e. The van der Waals surface area contributed by atoms with Gasteiger partial charge in [-0.15, -0.1) is 21.5 Å². The van der Waals surface area contributed by atoms with Gasteiger partial charge in [0.25, 0.3) is 11.1 Å². The Kier molecular flexibility index (Phi) is 5.38. The van der Waals surface area contributed by atoms with Crippen molar-refractivity contribution < 1.29 is 9.21 Å². The first-order valence-electron chi connectivity index (χ1n) is 7.93. The van der Waals surface area contributed by atoms with Gasteiger partial charge in [0.15, 0.2) is 0 Å². The highest BCUT2D eigenvalue weighted by atomic mass is 32.2. The van der Waals surface area contributed by atoms with E-state index in [2.05, 4.69) is 29.4 Å². The fourth-order valence-corrected chi connectivity index (χ4v) is 4.15. The Balaban J connectivity index is 1.49. The molecule has 124 valence electrons. The zero-order valence-electron chi connectivity index (χ0n) is 13.3. The lowest BCUT2D eigenvalue weighted by Gasteiger charge is -2.34. The number of amides is 1. The van der Waals surface area contributed by atoms with Crippen LogP contribution in [0.3, 0.4) is 0 Å². The fourth-order valence-electron chi connectivity index (χ4n) is 2.93. The number of thiophene rings is 1. The number of thioether (sulfide) groups is 1. The third-order valence-electron chi connectivity index (χ3n) is 4.52. The summed E-state index contributed by atoms with van der Waals surface area (Å²) >= 11 is 2.84. The van der Waals surface area contributed by atoms with E-state index in [0.717, 1.165) is 11.3 Å². The van der Waals surface area contributed by atoms with Gasteiger partial charge >= 0.3 is 0 Å². The van der Waals surface area contributed by atoms with Crippen molar-refractivity contribution in [2.45, 2.75) is 44.4 Å². The SMILES string of the molecule is CC1CCCC(NC(=O)CSc2nnc(-c3cccs3)o2)C1C. The number of hydrogen-bond acceptors (Lipinski definition) is 6. The smallest absolute Gasteiger partial charge is 0.277 e. The summed E-state index contributed by atoms with van der Waals surface area (Å²) in [6, 6.07) is 4.16. The summed E-state index contributed by atoms with van der Waals surface area (Å²) in [6.45, 7) is 4.50. The number of carbonyl (C=O) groups is 1.